The number of nitrogens with two attached hydrogens (primary N) is 1. The lowest BCUT2D eigenvalue weighted by Gasteiger charge is -2.17. The Morgan fingerprint density at radius 2 is 1.85 bits per heavy atom. The molecule has 0 bridgehead atoms. The molecule has 1 unspecified atom stereocenters. The highest BCUT2D eigenvalue weighted by Crippen LogP contribution is 2.39. The molecule has 0 saturated carbocycles. The minimum Gasteiger partial charge on any atom is -0.492 e. The number of carbonyl (C=O) groups excluding carboxylic acids is 2. The smallest absolute Gasteiger partial charge is 0.255 e. The molecule has 1 atom stereocenters. The number of nitrogens with zero attached hydrogens (tertiary/aromatic N) is 1. The predicted octanol–water partition coefficient (Wildman–Crippen LogP) is 4.83. The Bertz CT molecular complexity index is 1410. The quantitative estimate of drug-likeness (QED) is 0.178. The van der Waals surface area contributed by atoms with Crippen molar-refractivity contribution in [1.29, 1.82) is 0 Å². The molecule has 1 aromatic heterocycles. The molecule has 4 N–H and O–H groups in total. The van der Waals surface area contributed by atoms with Crippen LogP contribution >= 0.6 is 0 Å². The fraction of sp³-hybridized carbons (Fsp3) is 0.267. The van der Waals surface area contributed by atoms with Gasteiger partial charge in [-0.25, -0.2) is 0 Å². The summed E-state index contributed by atoms with van der Waals surface area (Å²) in [6, 6.07) is 21.9. The molecular formula is C30H32N4O5. The Hall–Kier alpha value is -4.50. The first-order valence-corrected chi connectivity index (χ1v) is 13.1. The van der Waals surface area contributed by atoms with Crippen LogP contribution in [0.2, 0.25) is 0 Å². The maximum atomic E-state index is 12.6. The standard InChI is InChI=1S/C30H32N4O5/c31-25-8-2-3-9-26(25)33-29(36)21-11-13-23(14-12-21)37-19-17-34(20-35)30-28(24-7-1-4-10-27(24)39-30)38-18-15-22-6-5-16-32-22/h1-4,7-14,20,22,32H,5-6,15-19,31H2,(H,33,36). The maximum absolute atomic E-state index is 12.6. The number of anilines is 3. The SMILES string of the molecule is Nc1ccccc1NC(=O)c1ccc(OCCN(C=O)c2oc3ccccc3c2OCCC2CCCN2)cc1. The molecule has 0 aliphatic carbocycles. The molecule has 9 heteroatoms. The molecule has 1 fully saturated rings. The molecule has 2 amide bonds. The lowest BCUT2D eigenvalue weighted by atomic mass is 10.2. The van der Waals surface area contributed by atoms with Crippen LogP contribution in [0.25, 0.3) is 11.0 Å². The Kier molecular flexibility index (Phi) is 8.28. The molecular weight excluding hydrogens is 496 g/mol. The summed E-state index contributed by atoms with van der Waals surface area (Å²) in [6.07, 6.45) is 3.93. The van der Waals surface area contributed by atoms with Gasteiger partial charge in [-0.15, -0.1) is 0 Å². The maximum Gasteiger partial charge on any atom is 0.255 e. The average Bonchev–Trinajstić information content (AvgIpc) is 3.61. The van der Waals surface area contributed by atoms with Crippen LogP contribution in [0.4, 0.5) is 17.3 Å². The summed E-state index contributed by atoms with van der Waals surface area (Å²) in [4.78, 5) is 26.1. The minimum atomic E-state index is -0.271. The number of nitrogens with one attached hydrogen (secondary N) is 2. The van der Waals surface area contributed by atoms with E-state index in [-0.39, 0.29) is 19.1 Å². The van der Waals surface area contributed by atoms with E-state index in [0.717, 1.165) is 31.2 Å². The van der Waals surface area contributed by atoms with Crippen molar-refractivity contribution < 1.29 is 23.5 Å². The Morgan fingerprint density at radius 3 is 2.62 bits per heavy atom. The Morgan fingerprint density at radius 1 is 1.05 bits per heavy atom. The van der Waals surface area contributed by atoms with E-state index >= 15 is 0 Å². The fourth-order valence-electron chi connectivity index (χ4n) is 4.62. The van der Waals surface area contributed by atoms with Gasteiger partial charge in [0.15, 0.2) is 5.75 Å². The largest absolute Gasteiger partial charge is 0.492 e. The van der Waals surface area contributed by atoms with Crippen molar-refractivity contribution in [2.45, 2.75) is 25.3 Å². The minimum absolute atomic E-state index is 0.216. The van der Waals surface area contributed by atoms with E-state index in [2.05, 4.69) is 10.6 Å². The van der Waals surface area contributed by atoms with Gasteiger partial charge in [-0.2, -0.15) is 0 Å². The van der Waals surface area contributed by atoms with E-state index in [1.165, 1.54) is 11.3 Å². The zero-order valence-corrected chi connectivity index (χ0v) is 21.6. The van der Waals surface area contributed by atoms with Crippen molar-refractivity contribution in [2.75, 3.05) is 42.3 Å². The normalized spacial score (nSPS) is 14.7. The molecule has 39 heavy (non-hydrogen) atoms. The van der Waals surface area contributed by atoms with Crippen molar-refractivity contribution in [2.24, 2.45) is 0 Å². The van der Waals surface area contributed by atoms with Crippen molar-refractivity contribution in [3.05, 3.63) is 78.4 Å². The number of para-hydroxylation sites is 3. The monoisotopic (exact) mass is 528 g/mol. The molecule has 5 rings (SSSR count). The zero-order valence-electron chi connectivity index (χ0n) is 21.6. The third kappa shape index (κ3) is 6.32. The van der Waals surface area contributed by atoms with Gasteiger partial charge in [-0.05, 0) is 74.3 Å². The highest BCUT2D eigenvalue weighted by Gasteiger charge is 2.22. The first-order chi connectivity index (χ1) is 19.1. The number of furan rings is 1. The van der Waals surface area contributed by atoms with Gasteiger partial charge in [-0.3, -0.25) is 14.5 Å². The summed E-state index contributed by atoms with van der Waals surface area (Å²) < 4.78 is 18.0. The van der Waals surface area contributed by atoms with Gasteiger partial charge in [0.25, 0.3) is 5.91 Å². The Labute approximate surface area is 226 Å². The number of nitrogen functional groups attached to an aromatic ring is 1. The topological polar surface area (TPSA) is 119 Å². The molecule has 9 nitrogen and oxygen atoms in total. The number of ether oxygens (including phenoxy) is 2. The number of hydrogen-bond acceptors (Lipinski definition) is 7. The molecule has 4 aromatic rings. The van der Waals surface area contributed by atoms with Crippen molar-refractivity contribution >= 4 is 40.5 Å². The van der Waals surface area contributed by atoms with Gasteiger partial charge in [0.05, 0.1) is 29.9 Å². The highest BCUT2D eigenvalue weighted by atomic mass is 16.5. The van der Waals surface area contributed by atoms with Crippen molar-refractivity contribution in [3.63, 3.8) is 0 Å². The van der Waals surface area contributed by atoms with Gasteiger partial charge >= 0.3 is 0 Å². The summed E-state index contributed by atoms with van der Waals surface area (Å²) in [5.41, 5.74) is 8.08. The second-order valence-corrected chi connectivity index (χ2v) is 9.38. The van der Waals surface area contributed by atoms with Crippen LogP contribution < -0.4 is 30.7 Å². The lowest BCUT2D eigenvalue weighted by molar-refractivity contribution is -0.107. The van der Waals surface area contributed by atoms with Crippen LogP contribution in [0.3, 0.4) is 0 Å². The van der Waals surface area contributed by atoms with Gasteiger partial charge in [0.1, 0.15) is 17.9 Å². The molecule has 3 aromatic carbocycles. The van der Waals surface area contributed by atoms with Crippen LogP contribution in [0.15, 0.2) is 77.2 Å². The van der Waals surface area contributed by atoms with Crippen molar-refractivity contribution in [3.8, 4) is 11.5 Å². The first-order valence-electron chi connectivity index (χ1n) is 13.1. The molecule has 0 spiro atoms. The summed E-state index contributed by atoms with van der Waals surface area (Å²) in [5.74, 6) is 1.22. The van der Waals surface area contributed by atoms with E-state index in [9.17, 15) is 9.59 Å². The summed E-state index contributed by atoms with van der Waals surface area (Å²) in [5, 5.41) is 7.10. The van der Waals surface area contributed by atoms with Crippen LogP contribution in [0.5, 0.6) is 11.5 Å². The van der Waals surface area contributed by atoms with Gasteiger partial charge in [0, 0.05) is 11.6 Å². The van der Waals surface area contributed by atoms with E-state index in [0.29, 0.717) is 52.6 Å². The molecule has 2 heterocycles. The summed E-state index contributed by atoms with van der Waals surface area (Å²) >= 11 is 0. The molecule has 202 valence electrons. The number of amides is 2. The number of benzene rings is 3. The highest BCUT2D eigenvalue weighted by molar-refractivity contribution is 6.05. The molecule has 1 saturated heterocycles. The van der Waals surface area contributed by atoms with Crippen LogP contribution in [-0.2, 0) is 4.79 Å². The average molecular weight is 529 g/mol. The van der Waals surface area contributed by atoms with E-state index in [1.807, 2.05) is 24.3 Å². The van der Waals surface area contributed by atoms with E-state index < -0.39 is 0 Å². The van der Waals surface area contributed by atoms with Crippen LogP contribution in [-0.4, -0.2) is 44.7 Å². The number of fused-ring (bicyclic) bond motifs is 1. The molecule has 1 aliphatic heterocycles. The summed E-state index contributed by atoms with van der Waals surface area (Å²) in [6.45, 7) is 2.03. The van der Waals surface area contributed by atoms with Gasteiger partial charge < -0.3 is 30.3 Å². The first kappa shape index (κ1) is 26.1. The Balaban J connectivity index is 1.19. The summed E-state index contributed by atoms with van der Waals surface area (Å²) in [7, 11) is 0. The number of carbonyl (C=O) groups is 2. The third-order valence-electron chi connectivity index (χ3n) is 6.72. The van der Waals surface area contributed by atoms with E-state index in [1.54, 1.807) is 48.5 Å². The number of hydrogen-bond donors (Lipinski definition) is 3. The second-order valence-electron chi connectivity index (χ2n) is 9.38. The van der Waals surface area contributed by atoms with Crippen molar-refractivity contribution in [1.82, 2.24) is 5.32 Å². The van der Waals surface area contributed by atoms with Crippen LogP contribution in [0, 0.1) is 0 Å². The number of rotatable bonds is 12. The van der Waals surface area contributed by atoms with Crippen LogP contribution in [0.1, 0.15) is 29.6 Å². The van der Waals surface area contributed by atoms with Gasteiger partial charge in [0.2, 0.25) is 12.3 Å². The van der Waals surface area contributed by atoms with Gasteiger partial charge in [-0.1, -0.05) is 24.3 Å². The second kappa shape index (κ2) is 12.4. The predicted molar refractivity (Wildman–Crippen MR) is 152 cm³/mol. The van der Waals surface area contributed by atoms with E-state index in [4.69, 9.17) is 19.6 Å². The molecule has 0 radical (unpaired) electrons. The zero-order chi connectivity index (χ0) is 27.0. The fourth-order valence-corrected chi connectivity index (χ4v) is 4.62. The third-order valence-corrected chi connectivity index (χ3v) is 6.72. The lowest BCUT2D eigenvalue weighted by Crippen LogP contribution is -2.27. The molecule has 1 aliphatic rings.